The molecule has 6 heteroatoms. The lowest BCUT2D eigenvalue weighted by atomic mass is 10.0. The van der Waals surface area contributed by atoms with Crippen molar-refractivity contribution in [1.82, 2.24) is 19.9 Å². The molecular weight excluding hydrogens is 585 g/mol. The van der Waals surface area contributed by atoms with E-state index >= 15 is 0 Å². The summed E-state index contributed by atoms with van der Waals surface area (Å²) in [6.45, 7) is 0. The summed E-state index contributed by atoms with van der Waals surface area (Å²) in [7, 11) is 0. The Balaban J connectivity index is 1.20. The van der Waals surface area contributed by atoms with Crippen molar-refractivity contribution >= 4 is 42.6 Å². The first kappa shape index (κ1) is 26.4. The summed E-state index contributed by atoms with van der Waals surface area (Å²) in [5.74, 6) is 2.59. The number of fused-ring (bicyclic) bond motifs is 4. The second-order valence-electron chi connectivity index (χ2n) is 11.1. The van der Waals surface area contributed by atoms with Crippen LogP contribution < -0.4 is 0 Å². The van der Waals surface area contributed by atoms with Crippen molar-refractivity contribution in [1.29, 1.82) is 0 Å². The number of thiophene rings is 1. The highest BCUT2D eigenvalue weighted by Gasteiger charge is 2.18. The molecule has 9 rings (SSSR count). The molecule has 0 radical (unpaired) electrons. The van der Waals surface area contributed by atoms with E-state index in [1.807, 2.05) is 103 Å². The number of benzene rings is 6. The molecule has 216 valence electrons. The van der Waals surface area contributed by atoms with Crippen molar-refractivity contribution in [3.05, 3.63) is 146 Å². The number of rotatable bonds is 5. The van der Waals surface area contributed by atoms with Crippen LogP contribution >= 0.6 is 11.3 Å². The SMILES string of the molecule is c1ccc(-c2nc(-c3ccccc3)nc(-c3cccc4c3sc3ccc(-c5cccc6oc(-c7ccccc7)nc56)cc34)n2)cc1. The summed E-state index contributed by atoms with van der Waals surface area (Å²) < 4.78 is 8.52. The predicted octanol–water partition coefficient (Wildman–Crippen LogP) is 10.7. The quantitative estimate of drug-likeness (QED) is 0.194. The van der Waals surface area contributed by atoms with Gasteiger partial charge in [-0.1, -0.05) is 109 Å². The average Bonchev–Trinajstić information content (AvgIpc) is 3.74. The van der Waals surface area contributed by atoms with E-state index in [-0.39, 0.29) is 0 Å². The van der Waals surface area contributed by atoms with Gasteiger partial charge in [-0.3, -0.25) is 0 Å². The summed E-state index contributed by atoms with van der Waals surface area (Å²) >= 11 is 1.76. The maximum atomic E-state index is 6.18. The number of para-hydroxylation sites is 1. The molecule has 9 aromatic rings. The van der Waals surface area contributed by atoms with E-state index < -0.39 is 0 Å². The molecule has 5 nitrogen and oxygen atoms in total. The van der Waals surface area contributed by atoms with Gasteiger partial charge in [0.25, 0.3) is 0 Å². The lowest BCUT2D eigenvalue weighted by molar-refractivity contribution is 0.620. The number of hydrogen-bond acceptors (Lipinski definition) is 6. The number of aromatic nitrogens is 4. The maximum absolute atomic E-state index is 6.18. The van der Waals surface area contributed by atoms with Crippen LogP contribution in [0.15, 0.2) is 150 Å². The third-order valence-corrected chi connectivity index (χ3v) is 9.41. The normalized spacial score (nSPS) is 11.5. The van der Waals surface area contributed by atoms with E-state index in [0.29, 0.717) is 23.4 Å². The standard InChI is InChI=1S/C40H24N4OS/c1-4-12-25(13-5-1)37-42-38(26-14-6-2-7-15-26)44-39(43-37)31-20-10-19-30-32-24-28(22-23-34(32)46-36(30)31)29-18-11-21-33-35(29)41-40(45-33)27-16-8-3-9-17-27/h1-24H. The van der Waals surface area contributed by atoms with Gasteiger partial charge in [-0.15, -0.1) is 11.3 Å². The van der Waals surface area contributed by atoms with Crippen LogP contribution in [0.3, 0.4) is 0 Å². The Hall–Kier alpha value is -5.98. The molecule has 0 saturated carbocycles. The summed E-state index contributed by atoms with van der Waals surface area (Å²) in [5, 5.41) is 2.35. The molecule has 0 aliphatic heterocycles. The fourth-order valence-corrected chi connectivity index (χ4v) is 7.15. The van der Waals surface area contributed by atoms with Gasteiger partial charge < -0.3 is 4.42 Å². The van der Waals surface area contributed by atoms with Crippen molar-refractivity contribution in [2.45, 2.75) is 0 Å². The van der Waals surface area contributed by atoms with E-state index in [4.69, 9.17) is 24.4 Å². The molecule has 0 bridgehead atoms. The highest BCUT2D eigenvalue weighted by Crippen LogP contribution is 2.42. The Labute approximate surface area is 268 Å². The van der Waals surface area contributed by atoms with Gasteiger partial charge in [-0.05, 0) is 42.0 Å². The minimum absolute atomic E-state index is 0.622. The molecule has 0 aliphatic carbocycles. The highest BCUT2D eigenvalue weighted by atomic mass is 32.1. The highest BCUT2D eigenvalue weighted by molar-refractivity contribution is 7.26. The van der Waals surface area contributed by atoms with Gasteiger partial charge in [0.1, 0.15) is 5.52 Å². The topological polar surface area (TPSA) is 64.7 Å². The monoisotopic (exact) mass is 608 g/mol. The van der Waals surface area contributed by atoms with E-state index in [2.05, 4.69) is 42.5 Å². The second kappa shape index (κ2) is 10.9. The number of hydrogen-bond donors (Lipinski definition) is 0. The molecule has 0 spiro atoms. The minimum Gasteiger partial charge on any atom is -0.436 e. The first-order chi connectivity index (χ1) is 22.8. The molecule has 46 heavy (non-hydrogen) atoms. The summed E-state index contributed by atoms with van der Waals surface area (Å²) in [6, 6.07) is 49.3. The van der Waals surface area contributed by atoms with Crippen molar-refractivity contribution in [3.63, 3.8) is 0 Å². The van der Waals surface area contributed by atoms with Crippen molar-refractivity contribution in [2.75, 3.05) is 0 Å². The third-order valence-electron chi connectivity index (χ3n) is 8.19. The smallest absolute Gasteiger partial charge is 0.227 e. The number of oxazole rings is 1. The van der Waals surface area contributed by atoms with Crippen molar-refractivity contribution < 1.29 is 4.42 Å². The van der Waals surface area contributed by atoms with Crippen LogP contribution in [-0.2, 0) is 0 Å². The van der Waals surface area contributed by atoms with Crippen LogP contribution in [0.4, 0.5) is 0 Å². The molecule has 0 amide bonds. The lowest BCUT2D eigenvalue weighted by Gasteiger charge is -2.09. The first-order valence-electron chi connectivity index (χ1n) is 15.1. The molecule has 3 heterocycles. The second-order valence-corrected chi connectivity index (χ2v) is 12.1. The zero-order valence-corrected chi connectivity index (χ0v) is 25.3. The largest absolute Gasteiger partial charge is 0.436 e. The van der Waals surface area contributed by atoms with Gasteiger partial charge >= 0.3 is 0 Å². The maximum Gasteiger partial charge on any atom is 0.227 e. The number of nitrogens with zero attached hydrogens (tertiary/aromatic N) is 4. The van der Waals surface area contributed by atoms with Crippen LogP contribution in [0.5, 0.6) is 0 Å². The Bertz CT molecular complexity index is 2470. The zero-order valence-electron chi connectivity index (χ0n) is 24.5. The molecule has 0 saturated heterocycles. The van der Waals surface area contributed by atoms with Crippen LogP contribution in [-0.4, -0.2) is 19.9 Å². The van der Waals surface area contributed by atoms with Gasteiger partial charge in [0.2, 0.25) is 5.89 Å². The summed E-state index contributed by atoms with van der Waals surface area (Å²) in [5.41, 5.74) is 7.61. The Kier molecular flexibility index (Phi) is 6.25. The minimum atomic E-state index is 0.622. The fourth-order valence-electron chi connectivity index (χ4n) is 5.96. The van der Waals surface area contributed by atoms with E-state index in [1.165, 1.54) is 15.5 Å². The van der Waals surface area contributed by atoms with E-state index in [0.717, 1.165) is 49.2 Å². The van der Waals surface area contributed by atoms with Gasteiger partial charge in [0.15, 0.2) is 23.1 Å². The van der Waals surface area contributed by atoms with Crippen molar-refractivity contribution in [3.8, 4) is 56.7 Å². The molecular formula is C40H24N4OS. The van der Waals surface area contributed by atoms with Crippen LogP contribution in [0.2, 0.25) is 0 Å². The first-order valence-corrected chi connectivity index (χ1v) is 15.9. The molecule has 0 atom stereocenters. The Morgan fingerprint density at radius 2 is 1.04 bits per heavy atom. The van der Waals surface area contributed by atoms with Crippen LogP contribution in [0, 0.1) is 0 Å². The predicted molar refractivity (Wildman–Crippen MR) is 187 cm³/mol. The zero-order chi connectivity index (χ0) is 30.5. The molecule has 3 aromatic heterocycles. The fraction of sp³-hybridized carbons (Fsp3) is 0. The van der Waals surface area contributed by atoms with Crippen LogP contribution in [0.1, 0.15) is 0 Å². The average molecular weight is 609 g/mol. The van der Waals surface area contributed by atoms with E-state index in [9.17, 15) is 0 Å². The van der Waals surface area contributed by atoms with Gasteiger partial charge in [0, 0.05) is 48.0 Å². The molecule has 0 unspecified atom stereocenters. The Morgan fingerprint density at radius 1 is 0.435 bits per heavy atom. The van der Waals surface area contributed by atoms with Gasteiger partial charge in [-0.2, -0.15) is 0 Å². The molecule has 0 N–H and O–H groups in total. The van der Waals surface area contributed by atoms with Gasteiger partial charge in [-0.25, -0.2) is 19.9 Å². The molecule has 6 aromatic carbocycles. The Morgan fingerprint density at radius 3 is 1.74 bits per heavy atom. The summed E-state index contributed by atoms with van der Waals surface area (Å²) in [4.78, 5) is 19.8. The molecule has 0 aliphatic rings. The van der Waals surface area contributed by atoms with Crippen LogP contribution in [0.25, 0.3) is 88.0 Å². The van der Waals surface area contributed by atoms with E-state index in [1.54, 1.807) is 11.3 Å². The lowest BCUT2D eigenvalue weighted by Crippen LogP contribution is -2.00. The van der Waals surface area contributed by atoms with Gasteiger partial charge in [0.05, 0.1) is 0 Å². The van der Waals surface area contributed by atoms with Crippen molar-refractivity contribution in [2.24, 2.45) is 0 Å². The third kappa shape index (κ3) is 4.55. The summed E-state index contributed by atoms with van der Waals surface area (Å²) in [6.07, 6.45) is 0. The molecule has 0 fully saturated rings.